The number of para-hydroxylation sites is 1. The molecule has 1 aromatic heterocycles. The number of aromatic amines is 1. The second-order valence-corrected chi connectivity index (χ2v) is 8.56. The average molecular weight is 451 g/mol. The van der Waals surface area contributed by atoms with E-state index in [-0.39, 0.29) is 5.91 Å². The Labute approximate surface area is 194 Å². The van der Waals surface area contributed by atoms with Crippen LogP contribution in [0.5, 0.6) is 11.5 Å². The fourth-order valence-electron chi connectivity index (χ4n) is 4.29. The van der Waals surface area contributed by atoms with Gasteiger partial charge in [0.05, 0.1) is 40.1 Å². The first-order valence-corrected chi connectivity index (χ1v) is 11.2. The molecule has 33 heavy (non-hydrogen) atoms. The van der Waals surface area contributed by atoms with Gasteiger partial charge in [0.1, 0.15) is 28.6 Å². The van der Waals surface area contributed by atoms with Gasteiger partial charge in [0.25, 0.3) is 5.91 Å². The summed E-state index contributed by atoms with van der Waals surface area (Å²) in [5, 5.41) is 13.7. The van der Waals surface area contributed by atoms with Crippen LogP contribution in [0.1, 0.15) is 21.6 Å². The second-order valence-electron chi connectivity index (χ2n) is 8.56. The van der Waals surface area contributed by atoms with E-state index in [1.54, 1.807) is 14.2 Å². The van der Waals surface area contributed by atoms with Gasteiger partial charge in [-0.3, -0.25) is 14.4 Å². The lowest BCUT2D eigenvalue weighted by Gasteiger charge is -2.38. The maximum atomic E-state index is 13.1. The van der Waals surface area contributed by atoms with Crippen LogP contribution in [0.4, 0.5) is 11.5 Å². The summed E-state index contributed by atoms with van der Waals surface area (Å²) in [6.45, 7) is 3.78. The Bertz CT molecular complexity index is 1080. The molecule has 2 aromatic carbocycles. The minimum absolute atomic E-state index is 0.129. The van der Waals surface area contributed by atoms with Crippen molar-refractivity contribution >= 4 is 17.4 Å². The van der Waals surface area contributed by atoms with Crippen LogP contribution in [0.2, 0.25) is 0 Å². The lowest BCUT2D eigenvalue weighted by atomic mass is 10.1. The third-order valence-corrected chi connectivity index (χ3v) is 6.25. The quantitative estimate of drug-likeness (QED) is 0.459. The molecule has 2 heterocycles. The number of carbonyl (C=O) groups excluding carboxylic acids is 1. The normalized spacial score (nSPS) is 15.1. The van der Waals surface area contributed by atoms with Crippen molar-refractivity contribution in [3.8, 4) is 11.5 Å². The van der Waals surface area contributed by atoms with E-state index in [0.717, 1.165) is 71.9 Å². The summed E-state index contributed by atoms with van der Waals surface area (Å²) in [5.74, 6) is 1.99. The summed E-state index contributed by atoms with van der Waals surface area (Å²) in [6.07, 6.45) is 1.50. The predicted octanol–water partition coefficient (Wildman–Crippen LogP) is 3.00. The van der Waals surface area contributed by atoms with Crippen molar-refractivity contribution in [3.05, 3.63) is 65.4 Å². The summed E-state index contributed by atoms with van der Waals surface area (Å²) in [5.41, 5.74) is 3.72. The monoisotopic (exact) mass is 450 g/mol. The number of hydrogen-bond acceptors (Lipinski definition) is 5. The number of nitrogens with zero attached hydrogens (tertiary/aromatic N) is 2. The highest BCUT2D eigenvalue weighted by Gasteiger charge is 2.31. The van der Waals surface area contributed by atoms with Crippen LogP contribution < -0.4 is 24.6 Å². The number of quaternary nitrogens is 1. The van der Waals surface area contributed by atoms with Gasteiger partial charge in [0.2, 0.25) is 0 Å². The molecule has 0 unspecified atom stereocenters. The number of piperazine rings is 1. The summed E-state index contributed by atoms with van der Waals surface area (Å²) in [4.78, 5) is 13.1. The third kappa shape index (κ3) is 5.35. The third-order valence-electron chi connectivity index (χ3n) is 6.25. The molecular formula is C25H32N5O3+. The highest BCUT2D eigenvalue weighted by Crippen LogP contribution is 2.27. The first kappa shape index (κ1) is 22.8. The van der Waals surface area contributed by atoms with E-state index in [0.29, 0.717) is 11.4 Å². The number of benzene rings is 2. The van der Waals surface area contributed by atoms with Gasteiger partial charge in [-0.25, -0.2) is 0 Å². The molecule has 3 aromatic rings. The van der Waals surface area contributed by atoms with Crippen LogP contribution in [0.25, 0.3) is 0 Å². The van der Waals surface area contributed by atoms with Gasteiger partial charge >= 0.3 is 0 Å². The summed E-state index contributed by atoms with van der Waals surface area (Å²) >= 11 is 0. The Balaban J connectivity index is 1.43. The number of rotatable bonds is 8. The number of amides is 1. The van der Waals surface area contributed by atoms with Gasteiger partial charge in [0.15, 0.2) is 0 Å². The van der Waals surface area contributed by atoms with Gasteiger partial charge < -0.3 is 20.1 Å². The molecule has 4 rings (SSSR count). The number of hydrogen-bond donors (Lipinski definition) is 3. The van der Waals surface area contributed by atoms with Crippen molar-refractivity contribution in [2.24, 2.45) is 0 Å². The number of aryl methyl sites for hydroxylation is 2. The molecule has 1 aliphatic rings. The Morgan fingerprint density at radius 3 is 2.42 bits per heavy atom. The van der Waals surface area contributed by atoms with Crippen molar-refractivity contribution in [2.45, 2.75) is 12.8 Å². The Morgan fingerprint density at radius 2 is 1.73 bits per heavy atom. The molecule has 0 atom stereocenters. The van der Waals surface area contributed by atoms with E-state index >= 15 is 0 Å². The first-order chi connectivity index (χ1) is 16.0. The van der Waals surface area contributed by atoms with Crippen LogP contribution in [0, 0.1) is 0 Å². The largest absolute Gasteiger partial charge is 0.497 e. The number of ether oxygens (including phenoxy) is 2. The number of anilines is 1. The molecule has 0 spiro atoms. The van der Waals surface area contributed by atoms with E-state index in [4.69, 9.17) is 9.47 Å². The van der Waals surface area contributed by atoms with Crippen LogP contribution in [-0.4, -0.2) is 63.6 Å². The fraction of sp³-hybridized carbons (Fsp3) is 0.360. The van der Waals surface area contributed by atoms with Gasteiger partial charge in [0, 0.05) is 25.2 Å². The zero-order valence-corrected chi connectivity index (χ0v) is 19.5. The maximum absolute atomic E-state index is 13.1. The number of likely N-dealkylation sites (N-methyl/N-ethyl adjacent to an activating group) is 1. The molecule has 0 aliphatic carbocycles. The lowest BCUT2D eigenvalue weighted by molar-refractivity contribution is 0.102. The fourth-order valence-corrected chi connectivity index (χ4v) is 4.29. The Hall–Kier alpha value is -3.36. The average Bonchev–Trinajstić information content (AvgIpc) is 3.30. The van der Waals surface area contributed by atoms with E-state index in [1.807, 2.05) is 42.5 Å². The van der Waals surface area contributed by atoms with Crippen LogP contribution in [0.3, 0.4) is 0 Å². The van der Waals surface area contributed by atoms with Crippen molar-refractivity contribution in [1.29, 1.82) is 0 Å². The summed E-state index contributed by atoms with van der Waals surface area (Å²) in [7, 11) is 5.47. The Kier molecular flexibility index (Phi) is 6.96. The molecule has 1 aliphatic heterocycles. The highest BCUT2D eigenvalue weighted by atomic mass is 16.5. The number of aromatic nitrogens is 2. The zero-order chi connectivity index (χ0) is 23.3. The molecule has 3 N–H and O–H groups in total. The SMILES string of the molecule is COc1cc(CCc2cc(NC(=O)c3ccccc3[N+]3(C)CCNCC3)[nH]n2)cc(OC)c1. The zero-order valence-electron chi connectivity index (χ0n) is 19.5. The minimum atomic E-state index is -0.129. The van der Waals surface area contributed by atoms with Crippen molar-refractivity contribution in [1.82, 2.24) is 20.0 Å². The van der Waals surface area contributed by atoms with Gasteiger partial charge in [-0.2, -0.15) is 5.10 Å². The minimum Gasteiger partial charge on any atom is -0.497 e. The summed E-state index contributed by atoms with van der Waals surface area (Å²) in [6, 6.07) is 15.6. The molecule has 0 bridgehead atoms. The molecule has 174 valence electrons. The molecule has 8 nitrogen and oxygen atoms in total. The van der Waals surface area contributed by atoms with Gasteiger partial charge in [-0.05, 0) is 42.7 Å². The number of nitrogens with one attached hydrogen (secondary N) is 3. The van der Waals surface area contributed by atoms with Crippen molar-refractivity contribution < 1.29 is 14.3 Å². The molecule has 1 fully saturated rings. The topological polar surface area (TPSA) is 88.3 Å². The van der Waals surface area contributed by atoms with E-state index in [2.05, 4.69) is 33.9 Å². The first-order valence-electron chi connectivity index (χ1n) is 11.2. The number of H-pyrrole nitrogens is 1. The van der Waals surface area contributed by atoms with E-state index in [9.17, 15) is 4.79 Å². The smallest absolute Gasteiger partial charge is 0.262 e. The van der Waals surface area contributed by atoms with Crippen LogP contribution >= 0.6 is 0 Å². The van der Waals surface area contributed by atoms with Crippen LogP contribution in [-0.2, 0) is 12.8 Å². The van der Waals surface area contributed by atoms with Crippen molar-refractivity contribution in [2.75, 3.05) is 52.8 Å². The highest BCUT2D eigenvalue weighted by molar-refractivity contribution is 6.07. The number of carbonyl (C=O) groups is 1. The molecule has 0 saturated carbocycles. The molecule has 0 radical (unpaired) electrons. The molecule has 1 saturated heterocycles. The van der Waals surface area contributed by atoms with Gasteiger partial charge in [-0.15, -0.1) is 0 Å². The molecule has 8 heteroatoms. The molecular weight excluding hydrogens is 418 g/mol. The standard InChI is InChI=1S/C25H31N5O3/c1-30(12-10-26-11-13-30)23-7-5-4-6-22(23)25(31)27-24-16-19(28-29-24)9-8-18-14-20(32-2)17-21(15-18)33-3/h4-7,14-17,26H,8-13H2,1-3H3,(H-,27,28,29,31)/p+1. The van der Waals surface area contributed by atoms with Crippen LogP contribution in [0.15, 0.2) is 48.5 Å². The van der Waals surface area contributed by atoms with E-state index in [1.165, 1.54) is 0 Å². The molecule has 1 amide bonds. The Morgan fingerprint density at radius 1 is 1.03 bits per heavy atom. The van der Waals surface area contributed by atoms with E-state index < -0.39 is 0 Å². The maximum Gasteiger partial charge on any atom is 0.262 e. The lowest BCUT2D eigenvalue weighted by Crippen LogP contribution is -2.57. The predicted molar refractivity (Wildman–Crippen MR) is 130 cm³/mol. The second kappa shape index (κ2) is 10.1. The van der Waals surface area contributed by atoms with Crippen molar-refractivity contribution in [3.63, 3.8) is 0 Å². The number of methoxy groups -OCH3 is 2. The summed E-state index contributed by atoms with van der Waals surface area (Å²) < 4.78 is 11.4. The van der Waals surface area contributed by atoms with Gasteiger partial charge in [-0.1, -0.05) is 12.1 Å².